The van der Waals surface area contributed by atoms with E-state index in [0.717, 1.165) is 23.8 Å². The summed E-state index contributed by atoms with van der Waals surface area (Å²) < 4.78 is 12.6. The fraction of sp³-hybridized carbons (Fsp3) is 0.259. The summed E-state index contributed by atoms with van der Waals surface area (Å²) >= 11 is 0. The van der Waals surface area contributed by atoms with Crippen LogP contribution >= 0.6 is 0 Å². The molecule has 0 amide bonds. The fourth-order valence-electron chi connectivity index (χ4n) is 4.32. The van der Waals surface area contributed by atoms with Crippen molar-refractivity contribution in [2.24, 2.45) is 0 Å². The molecule has 0 aliphatic carbocycles. The Balaban J connectivity index is 1.56. The van der Waals surface area contributed by atoms with Crippen molar-refractivity contribution in [3.05, 3.63) is 87.4 Å². The quantitative estimate of drug-likeness (QED) is 0.327. The van der Waals surface area contributed by atoms with Gasteiger partial charge in [-0.3, -0.25) is 9.36 Å². The molecule has 1 unspecified atom stereocenters. The average Bonchev–Trinajstić information content (AvgIpc) is 3.54. The van der Waals surface area contributed by atoms with E-state index in [2.05, 4.69) is 26.4 Å². The first-order valence-electron chi connectivity index (χ1n) is 12.0. The number of nitrogens with zero attached hydrogens (tertiary/aromatic N) is 6. The maximum Gasteiger partial charge on any atom is 0.270 e. The Hall–Kier alpha value is -4.78. The van der Waals surface area contributed by atoms with Crippen LogP contribution in [0.5, 0.6) is 5.88 Å². The van der Waals surface area contributed by atoms with Gasteiger partial charge >= 0.3 is 0 Å². The molecule has 10 nitrogen and oxygen atoms in total. The molecule has 0 radical (unpaired) electrons. The minimum Gasteiger partial charge on any atom is -0.493 e. The molecule has 0 saturated carbocycles. The van der Waals surface area contributed by atoms with E-state index >= 15 is 0 Å². The van der Waals surface area contributed by atoms with Crippen LogP contribution in [0.4, 0.5) is 0 Å². The Morgan fingerprint density at radius 3 is 2.81 bits per heavy atom. The zero-order chi connectivity index (χ0) is 25.9. The van der Waals surface area contributed by atoms with Crippen LogP contribution in [0, 0.1) is 11.3 Å². The Labute approximate surface area is 211 Å². The topological polar surface area (TPSA) is 144 Å². The summed E-state index contributed by atoms with van der Waals surface area (Å²) in [5.74, 6) is 0.0555. The summed E-state index contributed by atoms with van der Waals surface area (Å²) in [5.41, 5.74) is 1.83. The Bertz CT molecular complexity index is 1680. The van der Waals surface area contributed by atoms with E-state index < -0.39 is 17.5 Å². The monoisotopic (exact) mass is 496 g/mol. The Kier molecular flexibility index (Phi) is 6.51. The first kappa shape index (κ1) is 23.9. The van der Waals surface area contributed by atoms with Gasteiger partial charge in [0.05, 0.1) is 24.1 Å². The number of nitriles is 1. The van der Waals surface area contributed by atoms with Crippen LogP contribution in [0.15, 0.2) is 62.3 Å². The maximum absolute atomic E-state index is 13.8. The van der Waals surface area contributed by atoms with Gasteiger partial charge in [0, 0.05) is 11.8 Å². The summed E-state index contributed by atoms with van der Waals surface area (Å²) in [6, 6.07) is 16.2. The highest BCUT2D eigenvalue weighted by molar-refractivity contribution is 5.79. The van der Waals surface area contributed by atoms with Gasteiger partial charge in [-0.25, -0.2) is 0 Å². The lowest BCUT2D eigenvalue weighted by molar-refractivity contribution is 0.429. The highest BCUT2D eigenvalue weighted by Gasteiger charge is 2.26. The van der Waals surface area contributed by atoms with Gasteiger partial charge in [0.25, 0.3) is 11.4 Å². The number of hydrogen-bond acceptors (Lipinski definition) is 9. The van der Waals surface area contributed by atoms with E-state index in [1.807, 2.05) is 44.2 Å². The van der Waals surface area contributed by atoms with E-state index in [1.54, 1.807) is 18.2 Å². The van der Waals surface area contributed by atoms with Crippen molar-refractivity contribution in [1.82, 2.24) is 24.9 Å². The molecule has 10 heteroatoms. The van der Waals surface area contributed by atoms with Gasteiger partial charge in [0.1, 0.15) is 11.5 Å². The number of unbranched alkanes of at least 4 members (excludes halogenated alkanes) is 1. The molecule has 0 spiro atoms. The first-order valence-corrected chi connectivity index (χ1v) is 12.0. The molecule has 0 aliphatic heterocycles. The third-order valence-corrected chi connectivity index (χ3v) is 6.26. The third-order valence-electron chi connectivity index (χ3n) is 6.26. The fourth-order valence-corrected chi connectivity index (χ4v) is 4.32. The molecular formula is C27H24N6O4. The standard InChI is InChI=1S/C27H24N6O4/c1-3-4-12-22-29-25(34)24(27(35)33(22)16(2)18-9-7-8-17(13-18)15-28)26-31-30-23(36-26)14-20-19-10-5-6-11-21(19)37-32-20/h5-11,13,16,34H,3-4,12,14H2,1-2H3. The maximum atomic E-state index is 13.8. The van der Waals surface area contributed by atoms with Gasteiger partial charge < -0.3 is 14.0 Å². The summed E-state index contributed by atoms with van der Waals surface area (Å²) in [6.45, 7) is 3.89. The molecule has 0 bridgehead atoms. The first-order chi connectivity index (χ1) is 18.0. The average molecular weight is 497 g/mol. The van der Waals surface area contributed by atoms with Crippen molar-refractivity contribution >= 4 is 11.0 Å². The van der Waals surface area contributed by atoms with E-state index in [9.17, 15) is 15.2 Å². The molecule has 5 aromatic rings. The molecule has 2 aromatic carbocycles. The van der Waals surface area contributed by atoms with Gasteiger partial charge in [-0.1, -0.05) is 42.8 Å². The van der Waals surface area contributed by atoms with Crippen LogP contribution in [-0.4, -0.2) is 30.0 Å². The molecule has 1 N–H and O–H groups in total. The van der Waals surface area contributed by atoms with E-state index in [-0.39, 0.29) is 23.8 Å². The highest BCUT2D eigenvalue weighted by Crippen LogP contribution is 2.28. The number of hydrogen-bond donors (Lipinski definition) is 1. The molecule has 3 aromatic heterocycles. The summed E-state index contributed by atoms with van der Waals surface area (Å²) in [5, 5.41) is 33.1. The van der Waals surface area contributed by atoms with Gasteiger partial charge in [-0.15, -0.1) is 10.2 Å². The largest absolute Gasteiger partial charge is 0.493 e. The predicted octanol–water partition coefficient (Wildman–Crippen LogP) is 4.55. The minimum absolute atomic E-state index is 0.133. The van der Waals surface area contributed by atoms with Gasteiger partial charge in [-0.05, 0) is 43.2 Å². The van der Waals surface area contributed by atoms with Crippen molar-refractivity contribution in [3.8, 4) is 23.4 Å². The molecule has 0 saturated heterocycles. The molecule has 5 rings (SSSR count). The number of benzene rings is 2. The molecule has 3 heterocycles. The number of aromatic hydroxyl groups is 1. The number of para-hydroxylation sites is 1. The lowest BCUT2D eigenvalue weighted by Gasteiger charge is -2.20. The summed E-state index contributed by atoms with van der Waals surface area (Å²) in [4.78, 5) is 18.1. The lowest BCUT2D eigenvalue weighted by atomic mass is 10.0. The molecular weight excluding hydrogens is 472 g/mol. The molecule has 1 atom stereocenters. The van der Waals surface area contributed by atoms with Crippen LogP contribution in [0.1, 0.15) is 61.3 Å². The minimum atomic E-state index is -0.504. The van der Waals surface area contributed by atoms with Crippen LogP contribution in [0.2, 0.25) is 0 Å². The highest BCUT2D eigenvalue weighted by atomic mass is 16.5. The lowest BCUT2D eigenvalue weighted by Crippen LogP contribution is -2.30. The number of rotatable bonds is 8. The Morgan fingerprint density at radius 2 is 2.00 bits per heavy atom. The van der Waals surface area contributed by atoms with E-state index in [0.29, 0.717) is 29.1 Å². The molecule has 0 aliphatic rings. The second-order valence-corrected chi connectivity index (χ2v) is 8.72. The second kappa shape index (κ2) is 10.1. The van der Waals surface area contributed by atoms with Crippen molar-refractivity contribution < 1.29 is 14.0 Å². The number of aromatic nitrogens is 5. The second-order valence-electron chi connectivity index (χ2n) is 8.72. The SMILES string of the molecule is CCCCc1nc(O)c(-c2nnc(Cc3noc4ccccc34)o2)c(=O)n1C(C)c1cccc(C#N)c1. The Morgan fingerprint density at radius 1 is 1.16 bits per heavy atom. The predicted molar refractivity (Wildman–Crippen MR) is 134 cm³/mol. The van der Waals surface area contributed by atoms with Crippen LogP contribution in [0.3, 0.4) is 0 Å². The van der Waals surface area contributed by atoms with Crippen LogP contribution in [0.25, 0.3) is 22.4 Å². The number of fused-ring (bicyclic) bond motifs is 1. The van der Waals surface area contributed by atoms with E-state index in [4.69, 9.17) is 8.94 Å². The van der Waals surface area contributed by atoms with Gasteiger partial charge in [-0.2, -0.15) is 10.2 Å². The summed E-state index contributed by atoms with van der Waals surface area (Å²) in [6.07, 6.45) is 2.36. The molecule has 37 heavy (non-hydrogen) atoms. The number of aryl methyl sites for hydroxylation is 1. The zero-order valence-electron chi connectivity index (χ0n) is 20.4. The smallest absolute Gasteiger partial charge is 0.270 e. The molecule has 0 fully saturated rings. The van der Waals surface area contributed by atoms with E-state index in [1.165, 1.54) is 4.57 Å². The normalized spacial score (nSPS) is 12.0. The van der Waals surface area contributed by atoms with Gasteiger partial charge in [0.15, 0.2) is 11.1 Å². The van der Waals surface area contributed by atoms with Crippen LogP contribution in [-0.2, 0) is 12.8 Å². The van der Waals surface area contributed by atoms with Crippen molar-refractivity contribution in [2.45, 2.75) is 45.6 Å². The van der Waals surface area contributed by atoms with Crippen molar-refractivity contribution in [3.63, 3.8) is 0 Å². The summed E-state index contributed by atoms with van der Waals surface area (Å²) in [7, 11) is 0. The van der Waals surface area contributed by atoms with Crippen molar-refractivity contribution in [1.29, 1.82) is 5.26 Å². The third kappa shape index (κ3) is 4.59. The van der Waals surface area contributed by atoms with Gasteiger partial charge in [0.2, 0.25) is 11.8 Å². The van der Waals surface area contributed by atoms with Crippen molar-refractivity contribution in [2.75, 3.05) is 0 Å². The zero-order valence-corrected chi connectivity index (χ0v) is 20.4. The van der Waals surface area contributed by atoms with Crippen LogP contribution < -0.4 is 5.56 Å². The molecule has 186 valence electrons.